The summed E-state index contributed by atoms with van der Waals surface area (Å²) in [6.07, 6.45) is 1.37. The molecule has 60 valence electrons. The van der Waals surface area contributed by atoms with E-state index in [1.165, 1.54) is 11.1 Å². The van der Waals surface area contributed by atoms with Gasteiger partial charge in [-0.25, -0.2) is 0 Å². The third-order valence-corrected chi connectivity index (χ3v) is 1.50. The van der Waals surface area contributed by atoms with E-state index in [-0.39, 0.29) is 0 Å². The number of para-hydroxylation sites is 2. The van der Waals surface area contributed by atoms with E-state index in [4.69, 9.17) is 5.73 Å². The van der Waals surface area contributed by atoms with Crippen molar-refractivity contribution in [3.8, 4) is 5.69 Å². The van der Waals surface area contributed by atoms with Gasteiger partial charge in [-0.05, 0) is 17.3 Å². The van der Waals surface area contributed by atoms with Crippen molar-refractivity contribution in [3.05, 3.63) is 30.6 Å². The number of nitrogens with two attached hydrogens (primary N) is 1. The molecule has 12 heavy (non-hydrogen) atoms. The lowest BCUT2D eigenvalue weighted by Gasteiger charge is -2.00. The molecular formula is C7H7N5. The van der Waals surface area contributed by atoms with E-state index in [1.54, 1.807) is 6.07 Å². The van der Waals surface area contributed by atoms with Gasteiger partial charge in [0, 0.05) is 0 Å². The zero-order chi connectivity index (χ0) is 8.39. The van der Waals surface area contributed by atoms with E-state index in [9.17, 15) is 0 Å². The topological polar surface area (TPSA) is 69.6 Å². The van der Waals surface area contributed by atoms with Crippen LogP contribution < -0.4 is 5.73 Å². The summed E-state index contributed by atoms with van der Waals surface area (Å²) in [6.45, 7) is 0. The molecule has 0 aliphatic heterocycles. The molecule has 0 atom stereocenters. The zero-order valence-corrected chi connectivity index (χ0v) is 6.25. The monoisotopic (exact) mass is 161 g/mol. The molecule has 1 aromatic carbocycles. The molecule has 5 nitrogen and oxygen atoms in total. The van der Waals surface area contributed by atoms with Crippen LogP contribution in [0.5, 0.6) is 0 Å². The normalized spacial score (nSPS) is 10.0. The minimum Gasteiger partial charge on any atom is -0.397 e. The van der Waals surface area contributed by atoms with Gasteiger partial charge in [-0.1, -0.05) is 12.1 Å². The first-order chi connectivity index (χ1) is 5.88. The molecule has 2 rings (SSSR count). The first kappa shape index (κ1) is 6.78. The minimum absolute atomic E-state index is 0.635. The Bertz CT molecular complexity index is 367. The maximum absolute atomic E-state index is 5.68. The molecule has 2 N–H and O–H groups in total. The van der Waals surface area contributed by atoms with Crippen LogP contribution >= 0.6 is 0 Å². The fourth-order valence-electron chi connectivity index (χ4n) is 0.947. The predicted molar refractivity (Wildman–Crippen MR) is 43.6 cm³/mol. The van der Waals surface area contributed by atoms with Crippen molar-refractivity contribution in [1.29, 1.82) is 0 Å². The number of anilines is 1. The number of hydrogen-bond donors (Lipinski definition) is 1. The standard InChI is InChI=1S/C7H7N5/c8-6-3-1-2-4-7(6)12-10-5-9-11-12/h1-5H,8H2. The number of nitrogens with zero attached hydrogens (tertiary/aromatic N) is 4. The van der Waals surface area contributed by atoms with Crippen LogP contribution in [0.2, 0.25) is 0 Å². The molecule has 0 spiro atoms. The Balaban J connectivity index is 2.55. The van der Waals surface area contributed by atoms with Crippen LogP contribution in [0.4, 0.5) is 5.69 Å². The van der Waals surface area contributed by atoms with Crippen LogP contribution in [-0.2, 0) is 0 Å². The molecule has 0 radical (unpaired) electrons. The second-order valence-electron chi connectivity index (χ2n) is 2.28. The van der Waals surface area contributed by atoms with E-state index < -0.39 is 0 Å². The van der Waals surface area contributed by atoms with Crippen LogP contribution in [0.25, 0.3) is 5.69 Å². The largest absolute Gasteiger partial charge is 0.397 e. The highest BCUT2D eigenvalue weighted by Crippen LogP contribution is 2.12. The van der Waals surface area contributed by atoms with Gasteiger partial charge in [-0.2, -0.15) is 0 Å². The minimum atomic E-state index is 0.635. The summed E-state index contributed by atoms with van der Waals surface area (Å²) in [7, 11) is 0. The number of tetrazole rings is 1. The molecule has 0 aliphatic rings. The fraction of sp³-hybridized carbons (Fsp3) is 0. The van der Waals surface area contributed by atoms with Crippen molar-refractivity contribution in [2.75, 3.05) is 5.73 Å². The van der Waals surface area contributed by atoms with Gasteiger partial charge in [0.15, 0.2) is 6.33 Å². The molecule has 5 heteroatoms. The third kappa shape index (κ3) is 1.01. The summed E-state index contributed by atoms with van der Waals surface area (Å²) < 4.78 is 0. The summed E-state index contributed by atoms with van der Waals surface area (Å²) in [5.74, 6) is 0. The molecule has 0 amide bonds. The van der Waals surface area contributed by atoms with Crippen molar-refractivity contribution >= 4 is 5.69 Å². The van der Waals surface area contributed by atoms with Gasteiger partial charge in [0.2, 0.25) is 0 Å². The molecule has 0 saturated heterocycles. The Hall–Kier alpha value is -1.91. The first-order valence-electron chi connectivity index (χ1n) is 3.46. The van der Waals surface area contributed by atoms with E-state index >= 15 is 0 Å². The number of benzene rings is 1. The van der Waals surface area contributed by atoms with Crippen LogP contribution in [0.15, 0.2) is 30.6 Å². The van der Waals surface area contributed by atoms with Crippen LogP contribution in [0.3, 0.4) is 0 Å². The summed E-state index contributed by atoms with van der Waals surface area (Å²) >= 11 is 0. The SMILES string of the molecule is Nc1ccccc1-n1ncnn1. The van der Waals surface area contributed by atoms with Gasteiger partial charge in [-0.3, -0.25) is 0 Å². The molecule has 1 heterocycles. The maximum atomic E-state index is 5.68. The Kier molecular flexibility index (Phi) is 1.48. The third-order valence-electron chi connectivity index (χ3n) is 1.50. The van der Waals surface area contributed by atoms with Crippen LogP contribution in [-0.4, -0.2) is 20.2 Å². The zero-order valence-electron chi connectivity index (χ0n) is 6.25. The van der Waals surface area contributed by atoms with Crippen molar-refractivity contribution in [2.24, 2.45) is 0 Å². The lowest BCUT2D eigenvalue weighted by atomic mass is 10.3. The quantitative estimate of drug-likeness (QED) is 0.608. The molecule has 0 saturated carbocycles. The second kappa shape index (κ2) is 2.61. The maximum Gasteiger partial charge on any atom is 0.162 e. The average molecular weight is 161 g/mol. The molecule has 0 bridgehead atoms. The number of nitrogen functional groups attached to an aromatic ring is 1. The Morgan fingerprint density at radius 2 is 2.08 bits per heavy atom. The van der Waals surface area contributed by atoms with Crippen molar-refractivity contribution < 1.29 is 0 Å². The number of hydrogen-bond acceptors (Lipinski definition) is 4. The molecular weight excluding hydrogens is 154 g/mol. The van der Waals surface area contributed by atoms with E-state index in [1.807, 2.05) is 18.2 Å². The Morgan fingerprint density at radius 1 is 1.25 bits per heavy atom. The fourth-order valence-corrected chi connectivity index (χ4v) is 0.947. The van der Waals surface area contributed by atoms with Crippen molar-refractivity contribution in [3.63, 3.8) is 0 Å². The molecule has 2 aromatic rings. The van der Waals surface area contributed by atoms with Crippen LogP contribution in [0.1, 0.15) is 0 Å². The summed E-state index contributed by atoms with van der Waals surface area (Å²) in [4.78, 5) is 1.38. The van der Waals surface area contributed by atoms with Crippen molar-refractivity contribution in [1.82, 2.24) is 20.2 Å². The highest BCUT2D eigenvalue weighted by molar-refractivity contribution is 5.55. The molecule has 0 fully saturated rings. The van der Waals surface area contributed by atoms with Crippen molar-refractivity contribution in [2.45, 2.75) is 0 Å². The van der Waals surface area contributed by atoms with E-state index in [2.05, 4.69) is 15.4 Å². The van der Waals surface area contributed by atoms with Gasteiger partial charge in [-0.15, -0.1) is 15.0 Å². The Morgan fingerprint density at radius 3 is 2.75 bits per heavy atom. The lowest BCUT2D eigenvalue weighted by molar-refractivity contribution is 0.721. The van der Waals surface area contributed by atoms with Gasteiger partial charge >= 0.3 is 0 Å². The van der Waals surface area contributed by atoms with E-state index in [0.29, 0.717) is 5.69 Å². The van der Waals surface area contributed by atoms with Gasteiger partial charge in [0.25, 0.3) is 0 Å². The summed E-state index contributed by atoms with van der Waals surface area (Å²) in [5, 5.41) is 11.2. The first-order valence-corrected chi connectivity index (χ1v) is 3.46. The number of rotatable bonds is 1. The Labute approximate surface area is 68.8 Å². The molecule has 1 aromatic heterocycles. The highest BCUT2D eigenvalue weighted by atomic mass is 15.6. The van der Waals surface area contributed by atoms with Crippen LogP contribution in [0, 0.1) is 0 Å². The number of aromatic nitrogens is 4. The smallest absolute Gasteiger partial charge is 0.162 e. The second-order valence-corrected chi connectivity index (χ2v) is 2.28. The van der Waals surface area contributed by atoms with E-state index in [0.717, 1.165) is 5.69 Å². The lowest BCUT2D eigenvalue weighted by Crippen LogP contribution is -2.02. The van der Waals surface area contributed by atoms with Gasteiger partial charge in [0.1, 0.15) is 5.69 Å². The average Bonchev–Trinajstić information content (AvgIpc) is 2.57. The predicted octanol–water partition coefficient (Wildman–Crippen LogP) is 0.244. The highest BCUT2D eigenvalue weighted by Gasteiger charge is 2.00. The summed E-state index contributed by atoms with van der Waals surface area (Å²) in [5.41, 5.74) is 7.06. The molecule has 0 aliphatic carbocycles. The van der Waals surface area contributed by atoms with Gasteiger partial charge in [0.05, 0.1) is 5.69 Å². The summed E-state index contributed by atoms with van der Waals surface area (Å²) in [6, 6.07) is 7.35. The molecule has 0 unspecified atom stereocenters. The van der Waals surface area contributed by atoms with Gasteiger partial charge < -0.3 is 5.73 Å².